The number of hydrogen-bond acceptors (Lipinski definition) is 5. The molecule has 0 spiro atoms. The van der Waals surface area contributed by atoms with Crippen LogP contribution < -0.4 is 4.90 Å². The highest BCUT2D eigenvalue weighted by molar-refractivity contribution is 5.98. The molecule has 1 aliphatic carbocycles. The molecule has 0 unspecified atom stereocenters. The summed E-state index contributed by atoms with van der Waals surface area (Å²) in [5, 5.41) is 13.9. The highest BCUT2D eigenvalue weighted by Crippen LogP contribution is 2.36. The number of carbonyl (C=O) groups is 1. The summed E-state index contributed by atoms with van der Waals surface area (Å²) in [6, 6.07) is 7.92. The van der Waals surface area contributed by atoms with Crippen molar-refractivity contribution in [2.24, 2.45) is 23.0 Å². The van der Waals surface area contributed by atoms with Crippen LogP contribution in [-0.4, -0.2) is 35.2 Å². The van der Waals surface area contributed by atoms with Crippen LogP contribution in [0.15, 0.2) is 40.5 Å². The number of nitriles is 1. The molecule has 1 fully saturated rings. The van der Waals surface area contributed by atoms with Gasteiger partial charge >= 0.3 is 0 Å². The smallest absolute Gasteiger partial charge is 0.227 e. The van der Waals surface area contributed by atoms with Gasteiger partial charge in [0.25, 0.3) is 0 Å². The maximum absolute atomic E-state index is 13.1. The van der Waals surface area contributed by atoms with Crippen LogP contribution >= 0.6 is 0 Å². The molecule has 4 rings (SSSR count). The lowest BCUT2D eigenvalue weighted by Gasteiger charge is -2.25. The zero-order valence-corrected chi connectivity index (χ0v) is 18.5. The molecule has 1 aromatic carbocycles. The van der Waals surface area contributed by atoms with Gasteiger partial charge in [-0.05, 0) is 55.7 Å². The van der Waals surface area contributed by atoms with Gasteiger partial charge in [0.15, 0.2) is 0 Å². The zero-order chi connectivity index (χ0) is 22.5. The first-order valence-corrected chi connectivity index (χ1v) is 11.2. The Balaban J connectivity index is 1.57. The highest BCUT2D eigenvalue weighted by atomic mass is 16.2. The van der Waals surface area contributed by atoms with Crippen molar-refractivity contribution in [1.82, 2.24) is 9.78 Å². The summed E-state index contributed by atoms with van der Waals surface area (Å²) < 4.78 is 1.67. The van der Waals surface area contributed by atoms with Gasteiger partial charge in [0.2, 0.25) is 5.91 Å². The molecule has 2 aliphatic rings. The number of fused-ring (bicyclic) bond motifs is 1. The number of benzene rings is 1. The number of aliphatic imine (C=N–C) groups is 2. The maximum atomic E-state index is 13.1. The van der Waals surface area contributed by atoms with Gasteiger partial charge < -0.3 is 4.90 Å². The monoisotopic (exact) mass is 428 g/mol. The molecule has 2 heterocycles. The number of carbonyl (C=O) groups excluding carboxylic acids is 1. The molecule has 7 nitrogen and oxygen atoms in total. The van der Waals surface area contributed by atoms with E-state index in [9.17, 15) is 10.1 Å². The standard InChI is InChI=1S/C25H28N6O/c1-27-22(8-11-28-23-9-12-29-30(23)2)20-15-19-10-13-31(25(19)21(16-20)17-26)24(32)14-18-6-4-3-5-7-18/h8-9,11-12,15-16,18H,1,3-7,10,13-14H2,2H3/b22-8-,28-11?. The maximum Gasteiger partial charge on any atom is 0.227 e. The van der Waals surface area contributed by atoms with Crippen LogP contribution in [0.2, 0.25) is 0 Å². The molecule has 164 valence electrons. The number of nitrogens with zero attached hydrogens (tertiary/aromatic N) is 6. The van der Waals surface area contributed by atoms with E-state index in [1.54, 1.807) is 29.2 Å². The lowest BCUT2D eigenvalue weighted by Crippen LogP contribution is -2.31. The number of aryl methyl sites for hydroxylation is 1. The Morgan fingerprint density at radius 3 is 2.84 bits per heavy atom. The minimum absolute atomic E-state index is 0.140. The molecule has 32 heavy (non-hydrogen) atoms. The Morgan fingerprint density at radius 1 is 1.34 bits per heavy atom. The van der Waals surface area contributed by atoms with Gasteiger partial charge in [-0.1, -0.05) is 19.3 Å². The second-order valence-corrected chi connectivity index (χ2v) is 8.45. The molecule has 1 aromatic heterocycles. The molecule has 1 amide bonds. The second kappa shape index (κ2) is 9.73. The van der Waals surface area contributed by atoms with E-state index in [1.807, 2.05) is 24.1 Å². The summed E-state index contributed by atoms with van der Waals surface area (Å²) in [6.45, 7) is 4.31. The minimum atomic E-state index is 0.140. The average Bonchev–Trinajstić information content (AvgIpc) is 3.43. The van der Waals surface area contributed by atoms with Crippen molar-refractivity contribution >= 4 is 36.0 Å². The van der Waals surface area contributed by atoms with Crippen LogP contribution in [0, 0.1) is 17.2 Å². The Labute approximate surface area is 188 Å². The number of allylic oxidation sites excluding steroid dienone is 1. The molecular weight excluding hydrogens is 400 g/mol. The molecule has 0 saturated heterocycles. The molecule has 7 heteroatoms. The summed E-state index contributed by atoms with van der Waals surface area (Å²) in [5.74, 6) is 1.34. The fourth-order valence-corrected chi connectivity index (χ4v) is 4.70. The first-order chi connectivity index (χ1) is 15.6. The topological polar surface area (TPSA) is 86.6 Å². The predicted octanol–water partition coefficient (Wildman–Crippen LogP) is 4.60. The fraction of sp³-hybridized carbons (Fsp3) is 0.400. The van der Waals surface area contributed by atoms with Crippen molar-refractivity contribution in [3.63, 3.8) is 0 Å². The minimum Gasteiger partial charge on any atom is -0.310 e. The first kappa shape index (κ1) is 21.7. The molecule has 1 aliphatic heterocycles. The fourth-order valence-electron chi connectivity index (χ4n) is 4.70. The Morgan fingerprint density at radius 2 is 2.16 bits per heavy atom. The Hall–Kier alpha value is -3.53. The number of rotatable bonds is 6. The van der Waals surface area contributed by atoms with E-state index in [-0.39, 0.29) is 5.91 Å². The summed E-state index contributed by atoms with van der Waals surface area (Å²) >= 11 is 0. The van der Waals surface area contributed by atoms with Gasteiger partial charge in [-0.15, -0.1) is 0 Å². The van der Waals surface area contributed by atoms with Gasteiger partial charge in [0.1, 0.15) is 11.9 Å². The average molecular weight is 429 g/mol. The van der Waals surface area contributed by atoms with E-state index in [4.69, 9.17) is 0 Å². The van der Waals surface area contributed by atoms with Crippen molar-refractivity contribution in [3.8, 4) is 6.07 Å². The number of hydrogen-bond donors (Lipinski definition) is 0. The van der Waals surface area contributed by atoms with Crippen LogP contribution in [0.3, 0.4) is 0 Å². The largest absolute Gasteiger partial charge is 0.310 e. The third-order valence-corrected chi connectivity index (χ3v) is 6.37. The molecule has 0 radical (unpaired) electrons. The summed E-state index contributed by atoms with van der Waals surface area (Å²) in [7, 11) is 1.82. The summed E-state index contributed by atoms with van der Waals surface area (Å²) in [4.78, 5) is 23.4. The Kier molecular flexibility index (Phi) is 6.60. The van der Waals surface area contributed by atoms with Crippen LogP contribution in [0.5, 0.6) is 0 Å². The van der Waals surface area contributed by atoms with Crippen LogP contribution in [-0.2, 0) is 18.3 Å². The molecule has 0 atom stereocenters. The van der Waals surface area contributed by atoms with Crippen molar-refractivity contribution < 1.29 is 4.79 Å². The van der Waals surface area contributed by atoms with Crippen molar-refractivity contribution in [2.75, 3.05) is 11.4 Å². The van der Waals surface area contributed by atoms with Gasteiger partial charge in [-0.3, -0.25) is 14.5 Å². The van der Waals surface area contributed by atoms with E-state index in [0.29, 0.717) is 30.1 Å². The van der Waals surface area contributed by atoms with E-state index in [1.165, 1.54) is 19.3 Å². The van der Waals surface area contributed by atoms with Crippen LogP contribution in [0.25, 0.3) is 5.70 Å². The van der Waals surface area contributed by atoms with E-state index in [2.05, 4.69) is 27.9 Å². The SMILES string of the molecule is C=N/C(=C\C=Nc1ccnn1C)c1cc(C#N)c2c(c1)CCN2C(=O)CC1CCCCC1. The highest BCUT2D eigenvalue weighted by Gasteiger charge is 2.30. The lowest BCUT2D eigenvalue weighted by atomic mass is 9.86. The number of amides is 1. The molecule has 0 bridgehead atoms. The predicted molar refractivity (Wildman–Crippen MR) is 127 cm³/mol. The van der Waals surface area contributed by atoms with E-state index in [0.717, 1.165) is 41.9 Å². The van der Waals surface area contributed by atoms with Gasteiger partial charge in [0, 0.05) is 37.9 Å². The van der Waals surface area contributed by atoms with Gasteiger partial charge in [-0.25, -0.2) is 4.99 Å². The molecule has 1 saturated carbocycles. The molecule has 0 N–H and O–H groups in total. The third-order valence-electron chi connectivity index (χ3n) is 6.37. The first-order valence-electron chi connectivity index (χ1n) is 11.2. The quantitative estimate of drug-likeness (QED) is 0.630. The Bertz CT molecular complexity index is 1110. The van der Waals surface area contributed by atoms with Crippen molar-refractivity contribution in [1.29, 1.82) is 5.26 Å². The third kappa shape index (κ3) is 4.54. The molecular formula is C25H28N6O. The summed E-state index contributed by atoms with van der Waals surface area (Å²) in [5.41, 5.74) is 3.71. The van der Waals surface area contributed by atoms with Crippen molar-refractivity contribution in [3.05, 3.63) is 47.2 Å². The van der Waals surface area contributed by atoms with Crippen LogP contribution in [0.1, 0.15) is 55.2 Å². The van der Waals surface area contributed by atoms with Crippen molar-refractivity contribution in [2.45, 2.75) is 44.9 Å². The molecule has 2 aromatic rings. The number of aromatic nitrogens is 2. The van der Waals surface area contributed by atoms with E-state index >= 15 is 0 Å². The van der Waals surface area contributed by atoms with E-state index < -0.39 is 0 Å². The normalized spacial score (nSPS) is 16.9. The second-order valence-electron chi connectivity index (χ2n) is 8.45. The summed E-state index contributed by atoms with van der Waals surface area (Å²) in [6.07, 6.45) is 12.4. The van der Waals surface area contributed by atoms with Gasteiger partial charge in [0.05, 0.1) is 23.1 Å². The lowest BCUT2D eigenvalue weighted by molar-refractivity contribution is -0.119. The number of anilines is 1. The van der Waals surface area contributed by atoms with Gasteiger partial charge in [-0.2, -0.15) is 10.4 Å². The van der Waals surface area contributed by atoms with Crippen LogP contribution in [0.4, 0.5) is 11.5 Å². The zero-order valence-electron chi connectivity index (χ0n) is 18.5.